The Kier molecular flexibility index (Phi) is 6.55. The number of nitrogens with zero attached hydrogens (tertiary/aromatic N) is 5. The molecule has 0 atom stereocenters. The average molecular weight is 497 g/mol. The maximum atomic E-state index is 13.4. The highest BCUT2D eigenvalue weighted by atomic mass is 32.2. The molecule has 1 N–H and O–H groups in total. The Labute approximate surface area is 213 Å². The van der Waals surface area contributed by atoms with Gasteiger partial charge in [0.25, 0.3) is 5.91 Å². The van der Waals surface area contributed by atoms with Gasteiger partial charge in [-0.15, -0.1) is 10.2 Å². The van der Waals surface area contributed by atoms with Crippen LogP contribution in [0.3, 0.4) is 0 Å². The van der Waals surface area contributed by atoms with Gasteiger partial charge < -0.3 is 14.6 Å². The smallest absolute Gasteiger partial charge is 0.259 e. The van der Waals surface area contributed by atoms with Gasteiger partial charge in [-0.1, -0.05) is 29.8 Å². The zero-order valence-electron chi connectivity index (χ0n) is 20.0. The quantitative estimate of drug-likeness (QED) is 0.325. The maximum Gasteiger partial charge on any atom is 0.259 e. The second-order valence-electron chi connectivity index (χ2n) is 8.21. The fourth-order valence-electron chi connectivity index (χ4n) is 3.63. The molecule has 5 rings (SSSR count). The average Bonchev–Trinajstić information content (AvgIpc) is 3.52. The molecule has 0 aliphatic heterocycles. The van der Waals surface area contributed by atoms with Crippen LogP contribution in [-0.2, 0) is 7.05 Å². The normalized spacial score (nSPS) is 10.9. The number of amides is 1. The van der Waals surface area contributed by atoms with Gasteiger partial charge in [-0.3, -0.25) is 4.79 Å². The van der Waals surface area contributed by atoms with E-state index in [2.05, 4.69) is 15.5 Å². The van der Waals surface area contributed by atoms with Gasteiger partial charge in [-0.2, -0.15) is 5.10 Å². The lowest BCUT2D eigenvalue weighted by molar-refractivity contribution is 0.102. The lowest BCUT2D eigenvalue weighted by atomic mass is 10.1. The lowest BCUT2D eigenvalue weighted by Gasteiger charge is -2.07. The molecule has 1 amide bonds. The number of ether oxygens (including phenoxy) is 1. The molecule has 0 saturated carbocycles. The first-order chi connectivity index (χ1) is 17.5. The second-order valence-corrected chi connectivity index (χ2v) is 9.25. The van der Waals surface area contributed by atoms with E-state index in [0.29, 0.717) is 22.7 Å². The monoisotopic (exact) mass is 496 g/mol. The van der Waals surface area contributed by atoms with E-state index in [4.69, 9.17) is 9.84 Å². The number of methoxy groups -OCH3 is 1. The standard InChI is InChI=1S/C27H24N6O2S/c1-18-7-11-21(12-8-18)33-16-24(25(31-33)19-5-4-6-22(15-19)35-3)26(34)29-20-9-13-23(14-10-20)36-27-30-28-17-32(27)2/h4-17H,1-3H3,(H,29,34). The first kappa shape index (κ1) is 23.4. The number of aromatic nitrogens is 5. The summed E-state index contributed by atoms with van der Waals surface area (Å²) < 4.78 is 8.97. The van der Waals surface area contributed by atoms with Gasteiger partial charge in [0.15, 0.2) is 5.16 Å². The molecular weight excluding hydrogens is 472 g/mol. The number of hydrogen-bond donors (Lipinski definition) is 1. The molecule has 8 nitrogen and oxygen atoms in total. The highest BCUT2D eigenvalue weighted by molar-refractivity contribution is 7.99. The minimum atomic E-state index is -0.250. The van der Waals surface area contributed by atoms with Crippen molar-refractivity contribution in [3.8, 4) is 22.7 Å². The Morgan fingerprint density at radius 3 is 2.50 bits per heavy atom. The number of hydrogen-bond acceptors (Lipinski definition) is 6. The Balaban J connectivity index is 1.44. The molecule has 2 aromatic heterocycles. The van der Waals surface area contributed by atoms with Crippen molar-refractivity contribution < 1.29 is 9.53 Å². The van der Waals surface area contributed by atoms with Crippen LogP contribution in [0.2, 0.25) is 0 Å². The molecule has 0 aliphatic rings. The molecule has 0 aliphatic carbocycles. The second kappa shape index (κ2) is 10.1. The van der Waals surface area contributed by atoms with Crippen molar-refractivity contribution >= 4 is 23.4 Å². The van der Waals surface area contributed by atoms with E-state index in [1.54, 1.807) is 24.3 Å². The van der Waals surface area contributed by atoms with Crippen LogP contribution in [0.5, 0.6) is 5.75 Å². The molecule has 0 fully saturated rings. The van der Waals surface area contributed by atoms with Crippen molar-refractivity contribution in [2.45, 2.75) is 17.0 Å². The summed E-state index contributed by atoms with van der Waals surface area (Å²) in [7, 11) is 3.51. The first-order valence-electron chi connectivity index (χ1n) is 11.2. The van der Waals surface area contributed by atoms with E-state index in [1.807, 2.05) is 91.3 Å². The number of benzene rings is 3. The zero-order valence-corrected chi connectivity index (χ0v) is 20.9. The summed E-state index contributed by atoms with van der Waals surface area (Å²) in [6, 6.07) is 23.1. The number of anilines is 1. The molecule has 0 radical (unpaired) electrons. The van der Waals surface area contributed by atoms with Gasteiger partial charge in [0, 0.05) is 29.4 Å². The van der Waals surface area contributed by atoms with Crippen LogP contribution in [0.15, 0.2) is 95.4 Å². The molecule has 0 saturated heterocycles. The van der Waals surface area contributed by atoms with Gasteiger partial charge in [0.05, 0.1) is 18.4 Å². The molecule has 9 heteroatoms. The summed E-state index contributed by atoms with van der Waals surface area (Å²) in [5.74, 6) is 0.444. The van der Waals surface area contributed by atoms with Crippen molar-refractivity contribution in [2.75, 3.05) is 12.4 Å². The third-order valence-electron chi connectivity index (χ3n) is 5.59. The molecule has 3 aromatic carbocycles. The highest BCUT2D eigenvalue weighted by Gasteiger charge is 2.19. The summed E-state index contributed by atoms with van der Waals surface area (Å²) in [6.07, 6.45) is 3.42. The Hall–Kier alpha value is -4.37. The summed E-state index contributed by atoms with van der Waals surface area (Å²) >= 11 is 1.50. The van der Waals surface area contributed by atoms with Crippen molar-refractivity contribution in [3.63, 3.8) is 0 Å². The van der Waals surface area contributed by atoms with Crippen LogP contribution in [0.1, 0.15) is 15.9 Å². The Morgan fingerprint density at radius 1 is 1.03 bits per heavy atom. The minimum Gasteiger partial charge on any atom is -0.497 e. The third-order valence-corrected chi connectivity index (χ3v) is 6.65. The number of carbonyl (C=O) groups is 1. The molecule has 0 bridgehead atoms. The maximum absolute atomic E-state index is 13.4. The Morgan fingerprint density at radius 2 is 1.81 bits per heavy atom. The van der Waals surface area contributed by atoms with Gasteiger partial charge >= 0.3 is 0 Å². The number of aryl methyl sites for hydroxylation is 2. The molecule has 180 valence electrons. The van der Waals surface area contributed by atoms with E-state index in [1.165, 1.54) is 11.8 Å². The molecule has 0 unspecified atom stereocenters. The number of nitrogens with one attached hydrogen (secondary N) is 1. The molecule has 0 spiro atoms. The van der Waals surface area contributed by atoms with E-state index in [9.17, 15) is 4.79 Å². The summed E-state index contributed by atoms with van der Waals surface area (Å²) in [4.78, 5) is 14.4. The summed E-state index contributed by atoms with van der Waals surface area (Å²) in [6.45, 7) is 2.03. The summed E-state index contributed by atoms with van der Waals surface area (Å²) in [5.41, 5.74) is 4.53. The SMILES string of the molecule is COc1cccc(-c2nn(-c3ccc(C)cc3)cc2C(=O)Nc2ccc(Sc3nncn3C)cc2)c1. The van der Waals surface area contributed by atoms with Crippen molar-refractivity contribution in [2.24, 2.45) is 7.05 Å². The van der Waals surface area contributed by atoms with Crippen molar-refractivity contribution in [1.82, 2.24) is 24.5 Å². The van der Waals surface area contributed by atoms with Crippen molar-refractivity contribution in [3.05, 3.63) is 96.4 Å². The summed E-state index contributed by atoms with van der Waals surface area (Å²) in [5, 5.41) is 16.5. The van der Waals surface area contributed by atoms with Crippen LogP contribution in [0.25, 0.3) is 16.9 Å². The van der Waals surface area contributed by atoms with Crippen LogP contribution in [0, 0.1) is 6.92 Å². The topological polar surface area (TPSA) is 86.9 Å². The predicted molar refractivity (Wildman–Crippen MR) is 140 cm³/mol. The van der Waals surface area contributed by atoms with E-state index in [-0.39, 0.29) is 5.91 Å². The number of rotatable bonds is 7. The molecule has 36 heavy (non-hydrogen) atoms. The van der Waals surface area contributed by atoms with Crippen LogP contribution >= 0.6 is 11.8 Å². The minimum absolute atomic E-state index is 0.250. The predicted octanol–water partition coefficient (Wildman–Crippen LogP) is 5.39. The van der Waals surface area contributed by atoms with Gasteiger partial charge in [0.2, 0.25) is 0 Å². The van der Waals surface area contributed by atoms with Crippen LogP contribution < -0.4 is 10.1 Å². The third kappa shape index (κ3) is 5.01. The van der Waals surface area contributed by atoms with E-state index >= 15 is 0 Å². The van der Waals surface area contributed by atoms with Crippen LogP contribution in [-0.4, -0.2) is 37.6 Å². The van der Waals surface area contributed by atoms with E-state index in [0.717, 1.165) is 26.9 Å². The molecule has 5 aromatic rings. The van der Waals surface area contributed by atoms with Gasteiger partial charge in [-0.05, 0) is 67.2 Å². The van der Waals surface area contributed by atoms with Gasteiger partial charge in [0.1, 0.15) is 17.8 Å². The zero-order chi connectivity index (χ0) is 25.1. The van der Waals surface area contributed by atoms with Crippen molar-refractivity contribution in [1.29, 1.82) is 0 Å². The Bertz CT molecular complexity index is 1510. The first-order valence-corrected chi connectivity index (χ1v) is 12.1. The fraction of sp³-hybridized carbons (Fsp3) is 0.111. The number of carbonyl (C=O) groups excluding carboxylic acids is 1. The van der Waals surface area contributed by atoms with Crippen LogP contribution in [0.4, 0.5) is 5.69 Å². The van der Waals surface area contributed by atoms with Gasteiger partial charge in [-0.25, -0.2) is 4.68 Å². The lowest BCUT2D eigenvalue weighted by Crippen LogP contribution is -2.12. The fourth-order valence-corrected chi connectivity index (χ4v) is 4.39. The molecular formula is C27H24N6O2S. The highest BCUT2D eigenvalue weighted by Crippen LogP contribution is 2.29. The van der Waals surface area contributed by atoms with E-state index < -0.39 is 0 Å². The molecule has 2 heterocycles. The largest absolute Gasteiger partial charge is 0.497 e.